The number of hydrogen-bond donors (Lipinski definition) is 2. The maximum absolute atomic E-state index is 11.9. The smallest absolute Gasteiger partial charge is 0.211 e. The van der Waals surface area contributed by atoms with Crippen LogP contribution in [-0.4, -0.2) is 43.1 Å². The van der Waals surface area contributed by atoms with Gasteiger partial charge in [-0.1, -0.05) is 6.42 Å². The van der Waals surface area contributed by atoms with Gasteiger partial charge in [-0.05, 0) is 38.3 Å². The molecule has 1 saturated heterocycles. The van der Waals surface area contributed by atoms with Crippen LogP contribution < -0.4 is 10.0 Å². The van der Waals surface area contributed by atoms with Crippen LogP contribution in [0, 0.1) is 0 Å². The van der Waals surface area contributed by atoms with E-state index in [2.05, 4.69) is 15.1 Å². The van der Waals surface area contributed by atoms with Gasteiger partial charge in [0.25, 0.3) is 0 Å². The Labute approximate surface area is 121 Å². The summed E-state index contributed by atoms with van der Waals surface area (Å²) < 4.78 is 28.2. The molecular formula is C13H24N4O2S. The molecule has 2 heterocycles. The fourth-order valence-corrected chi connectivity index (χ4v) is 3.64. The first-order valence-electron chi connectivity index (χ1n) is 7.34. The summed E-state index contributed by atoms with van der Waals surface area (Å²) >= 11 is 0. The summed E-state index contributed by atoms with van der Waals surface area (Å²) in [7, 11) is -3.14. The van der Waals surface area contributed by atoms with Crippen molar-refractivity contribution in [2.24, 2.45) is 0 Å². The predicted octanol–water partition coefficient (Wildman–Crippen LogP) is 0.725. The maximum atomic E-state index is 11.9. The monoisotopic (exact) mass is 300 g/mol. The van der Waals surface area contributed by atoms with Crippen LogP contribution in [0.1, 0.15) is 32.1 Å². The topological polar surface area (TPSA) is 76.0 Å². The van der Waals surface area contributed by atoms with Gasteiger partial charge in [0.15, 0.2) is 0 Å². The lowest BCUT2D eigenvalue weighted by Gasteiger charge is -2.23. The molecule has 1 aliphatic heterocycles. The van der Waals surface area contributed by atoms with Gasteiger partial charge in [0.1, 0.15) is 0 Å². The van der Waals surface area contributed by atoms with Crippen LogP contribution in [0.2, 0.25) is 0 Å². The fourth-order valence-electron chi connectivity index (χ4n) is 2.44. The summed E-state index contributed by atoms with van der Waals surface area (Å²) in [6, 6.07) is 2.23. The zero-order chi connectivity index (χ0) is 14.3. The Kier molecular flexibility index (Phi) is 6.00. The molecule has 6 nitrogen and oxygen atoms in total. The molecule has 0 spiro atoms. The largest absolute Gasteiger partial charge is 0.314 e. The third-order valence-corrected chi connectivity index (χ3v) is 5.01. The molecule has 2 rings (SSSR count). The molecule has 7 heteroatoms. The third kappa shape index (κ3) is 5.60. The molecule has 1 unspecified atom stereocenters. The van der Waals surface area contributed by atoms with Crippen LogP contribution in [-0.2, 0) is 16.6 Å². The Bertz CT molecular complexity index is 467. The van der Waals surface area contributed by atoms with E-state index < -0.39 is 10.0 Å². The summed E-state index contributed by atoms with van der Waals surface area (Å²) in [6.45, 7) is 2.22. The van der Waals surface area contributed by atoms with Crippen LogP contribution in [0.4, 0.5) is 0 Å². The van der Waals surface area contributed by atoms with Crippen LogP contribution in [0.5, 0.6) is 0 Å². The molecule has 114 valence electrons. The van der Waals surface area contributed by atoms with E-state index in [0.717, 1.165) is 25.9 Å². The maximum Gasteiger partial charge on any atom is 0.211 e. The van der Waals surface area contributed by atoms with Crippen molar-refractivity contribution in [1.29, 1.82) is 0 Å². The highest BCUT2D eigenvalue weighted by molar-refractivity contribution is 7.89. The number of nitrogens with one attached hydrogen (secondary N) is 2. The van der Waals surface area contributed by atoms with Crippen LogP contribution in [0.3, 0.4) is 0 Å². The molecule has 1 aromatic heterocycles. The summed E-state index contributed by atoms with van der Waals surface area (Å²) in [5, 5.41) is 7.45. The molecule has 1 aromatic rings. The van der Waals surface area contributed by atoms with E-state index in [4.69, 9.17) is 0 Å². The van der Waals surface area contributed by atoms with E-state index in [1.165, 1.54) is 12.8 Å². The van der Waals surface area contributed by atoms with Gasteiger partial charge in [0, 0.05) is 31.5 Å². The summed E-state index contributed by atoms with van der Waals surface area (Å²) in [4.78, 5) is 0. The van der Waals surface area contributed by atoms with Gasteiger partial charge < -0.3 is 5.32 Å². The Morgan fingerprint density at radius 1 is 1.40 bits per heavy atom. The first-order valence-corrected chi connectivity index (χ1v) is 8.99. The summed E-state index contributed by atoms with van der Waals surface area (Å²) in [5.74, 6) is 0.215. The SMILES string of the molecule is O=S(=O)(CCC1CCCCN1)NCCCn1cccn1. The van der Waals surface area contributed by atoms with Crippen molar-refractivity contribution >= 4 is 10.0 Å². The molecule has 20 heavy (non-hydrogen) atoms. The molecule has 0 aliphatic carbocycles. The predicted molar refractivity (Wildman–Crippen MR) is 78.9 cm³/mol. The van der Waals surface area contributed by atoms with Gasteiger partial charge in [-0.15, -0.1) is 0 Å². The fraction of sp³-hybridized carbons (Fsp3) is 0.769. The van der Waals surface area contributed by atoms with Crippen molar-refractivity contribution in [3.05, 3.63) is 18.5 Å². The number of sulfonamides is 1. The van der Waals surface area contributed by atoms with E-state index in [1.807, 2.05) is 12.3 Å². The molecule has 0 amide bonds. The van der Waals surface area contributed by atoms with E-state index in [1.54, 1.807) is 10.9 Å². The first-order chi connectivity index (χ1) is 9.66. The van der Waals surface area contributed by atoms with E-state index in [0.29, 0.717) is 19.0 Å². The second kappa shape index (κ2) is 7.75. The quantitative estimate of drug-likeness (QED) is 0.694. The second-order valence-corrected chi connectivity index (χ2v) is 7.20. The van der Waals surface area contributed by atoms with Crippen molar-refractivity contribution in [1.82, 2.24) is 19.8 Å². The average molecular weight is 300 g/mol. The molecular weight excluding hydrogens is 276 g/mol. The molecule has 0 aromatic carbocycles. The van der Waals surface area contributed by atoms with Gasteiger partial charge in [0.2, 0.25) is 10.0 Å². The molecule has 0 bridgehead atoms. The van der Waals surface area contributed by atoms with Crippen molar-refractivity contribution in [3.63, 3.8) is 0 Å². The lowest BCUT2D eigenvalue weighted by Crippen LogP contribution is -2.37. The lowest BCUT2D eigenvalue weighted by molar-refractivity contribution is 0.392. The van der Waals surface area contributed by atoms with E-state index in [9.17, 15) is 8.42 Å². The van der Waals surface area contributed by atoms with Crippen molar-refractivity contribution < 1.29 is 8.42 Å². The number of aryl methyl sites for hydroxylation is 1. The van der Waals surface area contributed by atoms with Crippen molar-refractivity contribution in [3.8, 4) is 0 Å². The number of nitrogens with zero attached hydrogens (tertiary/aromatic N) is 2. The van der Waals surface area contributed by atoms with Gasteiger partial charge >= 0.3 is 0 Å². The van der Waals surface area contributed by atoms with Crippen LogP contribution >= 0.6 is 0 Å². The minimum Gasteiger partial charge on any atom is -0.314 e. The van der Waals surface area contributed by atoms with Crippen LogP contribution in [0.25, 0.3) is 0 Å². The minimum atomic E-state index is -3.14. The Balaban J connectivity index is 1.60. The number of hydrogen-bond acceptors (Lipinski definition) is 4. The van der Waals surface area contributed by atoms with Gasteiger partial charge in [-0.25, -0.2) is 13.1 Å². The third-order valence-electron chi connectivity index (χ3n) is 3.59. The Morgan fingerprint density at radius 3 is 3.00 bits per heavy atom. The number of aromatic nitrogens is 2. The Hall–Kier alpha value is -0.920. The zero-order valence-electron chi connectivity index (χ0n) is 11.8. The molecule has 0 radical (unpaired) electrons. The Morgan fingerprint density at radius 2 is 2.30 bits per heavy atom. The van der Waals surface area contributed by atoms with Gasteiger partial charge in [-0.2, -0.15) is 5.10 Å². The highest BCUT2D eigenvalue weighted by Crippen LogP contribution is 2.10. The molecule has 1 fully saturated rings. The number of piperidine rings is 1. The highest BCUT2D eigenvalue weighted by atomic mass is 32.2. The molecule has 0 saturated carbocycles. The standard InChI is InChI=1S/C13H24N4O2S/c18-20(19,12-6-13-5-1-2-7-14-13)16-9-4-11-17-10-3-8-15-17/h3,8,10,13-14,16H,1-2,4-7,9,11-12H2. The van der Waals surface area contributed by atoms with Gasteiger partial charge in [-0.3, -0.25) is 4.68 Å². The number of rotatable bonds is 8. The molecule has 2 N–H and O–H groups in total. The average Bonchev–Trinajstić information content (AvgIpc) is 2.96. The molecule has 1 atom stereocenters. The van der Waals surface area contributed by atoms with E-state index >= 15 is 0 Å². The summed E-state index contributed by atoms with van der Waals surface area (Å²) in [5.41, 5.74) is 0. The van der Waals surface area contributed by atoms with Crippen LogP contribution in [0.15, 0.2) is 18.5 Å². The normalized spacial score (nSPS) is 20.1. The second-order valence-electron chi connectivity index (χ2n) is 5.27. The molecule has 1 aliphatic rings. The summed E-state index contributed by atoms with van der Waals surface area (Å²) in [6.07, 6.45) is 8.56. The first kappa shape index (κ1) is 15.5. The zero-order valence-corrected chi connectivity index (χ0v) is 12.6. The van der Waals surface area contributed by atoms with Crippen molar-refractivity contribution in [2.75, 3.05) is 18.8 Å². The van der Waals surface area contributed by atoms with Crippen molar-refractivity contribution in [2.45, 2.75) is 44.7 Å². The minimum absolute atomic E-state index is 0.215. The highest BCUT2D eigenvalue weighted by Gasteiger charge is 2.16. The van der Waals surface area contributed by atoms with E-state index in [-0.39, 0.29) is 5.75 Å². The lowest BCUT2D eigenvalue weighted by atomic mass is 10.0. The van der Waals surface area contributed by atoms with Gasteiger partial charge in [0.05, 0.1) is 5.75 Å².